The lowest BCUT2D eigenvalue weighted by Crippen LogP contribution is -2.07. The van der Waals surface area contributed by atoms with Crippen LogP contribution in [0.4, 0.5) is 0 Å². The molecule has 0 saturated heterocycles. The first kappa shape index (κ1) is 14.2. The van der Waals surface area contributed by atoms with Crippen LogP contribution < -0.4 is 0 Å². The summed E-state index contributed by atoms with van der Waals surface area (Å²) in [5.41, 5.74) is 2.01. The molecule has 0 spiro atoms. The molecule has 3 rings (SSSR count). The average Bonchev–Trinajstić information content (AvgIpc) is 2.99. The second kappa shape index (κ2) is 5.93. The second-order valence-electron chi connectivity index (χ2n) is 4.85. The predicted octanol–water partition coefficient (Wildman–Crippen LogP) is 2.85. The number of esters is 1. The molecule has 0 aliphatic rings. The van der Waals surface area contributed by atoms with E-state index >= 15 is 0 Å². The van der Waals surface area contributed by atoms with Crippen LogP contribution in [0.15, 0.2) is 34.7 Å². The van der Waals surface area contributed by atoms with E-state index in [1.165, 1.54) is 0 Å². The molecule has 0 aliphatic carbocycles. The van der Waals surface area contributed by atoms with Gasteiger partial charge in [0.25, 0.3) is 5.89 Å². The van der Waals surface area contributed by atoms with E-state index in [1.807, 2.05) is 38.1 Å². The maximum atomic E-state index is 12.3. The molecule has 0 fully saturated rings. The van der Waals surface area contributed by atoms with E-state index in [0.29, 0.717) is 23.8 Å². The van der Waals surface area contributed by atoms with Gasteiger partial charge in [-0.05, 0) is 19.1 Å². The molecule has 0 radical (unpaired) electrons. The maximum Gasteiger partial charge on any atom is 0.339 e. The van der Waals surface area contributed by atoms with Crippen molar-refractivity contribution in [2.24, 2.45) is 0 Å². The molecule has 0 amide bonds. The standard InChI is InChI=1S/C16H15N3O3/c1-3-14-18-19-15(22-14)9-21-16(20)12-8-10(2)17-13-7-5-4-6-11(12)13/h4-8H,3,9H2,1-2H3. The molecule has 2 aromatic heterocycles. The number of aromatic nitrogens is 3. The Kier molecular flexibility index (Phi) is 3.82. The SMILES string of the molecule is CCc1nnc(COC(=O)c2cc(C)nc3ccccc23)o1. The number of ether oxygens (including phenoxy) is 1. The first-order chi connectivity index (χ1) is 10.7. The number of nitrogens with zero attached hydrogens (tertiary/aromatic N) is 3. The molecule has 22 heavy (non-hydrogen) atoms. The monoisotopic (exact) mass is 297 g/mol. The number of hydrogen-bond acceptors (Lipinski definition) is 6. The Hall–Kier alpha value is -2.76. The smallest absolute Gasteiger partial charge is 0.339 e. The van der Waals surface area contributed by atoms with E-state index in [1.54, 1.807) is 6.07 Å². The Morgan fingerprint density at radius 3 is 2.77 bits per heavy atom. The van der Waals surface area contributed by atoms with Crippen LogP contribution >= 0.6 is 0 Å². The summed E-state index contributed by atoms with van der Waals surface area (Å²) in [5, 5.41) is 8.42. The zero-order valence-electron chi connectivity index (χ0n) is 12.4. The number of benzene rings is 1. The van der Waals surface area contributed by atoms with Gasteiger partial charge in [0.15, 0.2) is 6.61 Å². The third-order valence-corrected chi connectivity index (χ3v) is 3.20. The van der Waals surface area contributed by atoms with Crippen molar-refractivity contribution in [1.82, 2.24) is 15.2 Å². The Morgan fingerprint density at radius 2 is 2.00 bits per heavy atom. The van der Waals surface area contributed by atoms with Crippen molar-refractivity contribution in [3.63, 3.8) is 0 Å². The minimum Gasteiger partial charge on any atom is -0.452 e. The van der Waals surface area contributed by atoms with E-state index in [0.717, 1.165) is 16.6 Å². The number of pyridine rings is 1. The molecule has 3 aromatic rings. The average molecular weight is 297 g/mol. The molecule has 0 aliphatic heterocycles. The second-order valence-corrected chi connectivity index (χ2v) is 4.85. The van der Waals surface area contributed by atoms with Crippen LogP contribution in [0.3, 0.4) is 0 Å². The van der Waals surface area contributed by atoms with E-state index in [2.05, 4.69) is 15.2 Å². The number of carbonyl (C=O) groups is 1. The summed E-state index contributed by atoms with van der Waals surface area (Å²) in [6.07, 6.45) is 0.648. The van der Waals surface area contributed by atoms with Crippen molar-refractivity contribution in [2.75, 3.05) is 0 Å². The first-order valence-electron chi connectivity index (χ1n) is 7.02. The molecular weight excluding hydrogens is 282 g/mol. The molecule has 0 unspecified atom stereocenters. The molecule has 2 heterocycles. The fraction of sp³-hybridized carbons (Fsp3) is 0.250. The lowest BCUT2D eigenvalue weighted by Gasteiger charge is -2.07. The van der Waals surface area contributed by atoms with Crippen molar-refractivity contribution in [2.45, 2.75) is 26.9 Å². The largest absolute Gasteiger partial charge is 0.452 e. The minimum atomic E-state index is -0.432. The van der Waals surface area contributed by atoms with Gasteiger partial charge in [0.05, 0.1) is 11.1 Å². The summed E-state index contributed by atoms with van der Waals surface area (Å²) in [7, 11) is 0. The van der Waals surface area contributed by atoms with Crippen molar-refractivity contribution in [3.8, 4) is 0 Å². The van der Waals surface area contributed by atoms with Gasteiger partial charge in [0, 0.05) is 17.5 Å². The Bertz CT molecular complexity index is 826. The van der Waals surface area contributed by atoms with Gasteiger partial charge in [-0.3, -0.25) is 4.98 Å². The number of rotatable bonds is 4. The van der Waals surface area contributed by atoms with Crippen molar-refractivity contribution >= 4 is 16.9 Å². The van der Waals surface area contributed by atoms with Gasteiger partial charge in [-0.25, -0.2) is 4.79 Å². The summed E-state index contributed by atoms with van der Waals surface area (Å²) < 4.78 is 10.6. The maximum absolute atomic E-state index is 12.3. The lowest BCUT2D eigenvalue weighted by molar-refractivity contribution is 0.0438. The van der Waals surface area contributed by atoms with E-state index in [9.17, 15) is 4.79 Å². The van der Waals surface area contributed by atoms with Gasteiger partial charge in [-0.15, -0.1) is 10.2 Å². The molecule has 112 valence electrons. The number of aryl methyl sites for hydroxylation is 2. The Balaban J connectivity index is 1.83. The fourth-order valence-electron chi connectivity index (χ4n) is 2.17. The van der Waals surface area contributed by atoms with Gasteiger partial charge < -0.3 is 9.15 Å². The van der Waals surface area contributed by atoms with Gasteiger partial charge in [0.1, 0.15) is 0 Å². The van der Waals surface area contributed by atoms with Crippen molar-refractivity contribution in [3.05, 3.63) is 53.4 Å². The summed E-state index contributed by atoms with van der Waals surface area (Å²) in [4.78, 5) is 16.7. The molecule has 0 bridgehead atoms. The highest BCUT2D eigenvalue weighted by atomic mass is 16.5. The van der Waals surface area contributed by atoms with E-state index in [-0.39, 0.29) is 6.61 Å². The number of para-hydroxylation sites is 1. The van der Waals surface area contributed by atoms with Gasteiger partial charge in [-0.1, -0.05) is 25.1 Å². The van der Waals surface area contributed by atoms with E-state index < -0.39 is 5.97 Å². The first-order valence-corrected chi connectivity index (χ1v) is 7.02. The number of carbonyl (C=O) groups excluding carboxylic acids is 1. The van der Waals surface area contributed by atoms with E-state index in [4.69, 9.17) is 9.15 Å². The highest BCUT2D eigenvalue weighted by molar-refractivity contribution is 6.03. The molecule has 6 heteroatoms. The zero-order chi connectivity index (χ0) is 15.5. The highest BCUT2D eigenvalue weighted by Gasteiger charge is 2.15. The summed E-state index contributed by atoms with van der Waals surface area (Å²) in [6, 6.07) is 9.18. The van der Waals surface area contributed by atoms with Gasteiger partial charge >= 0.3 is 5.97 Å². The normalized spacial score (nSPS) is 10.8. The summed E-state index contributed by atoms with van der Waals surface area (Å²) >= 11 is 0. The topological polar surface area (TPSA) is 78.1 Å². The van der Waals surface area contributed by atoms with Crippen LogP contribution in [0.1, 0.15) is 34.8 Å². The van der Waals surface area contributed by atoms with Crippen LogP contribution in [0.5, 0.6) is 0 Å². The molecule has 0 N–H and O–H groups in total. The van der Waals surface area contributed by atoms with Gasteiger partial charge in [0.2, 0.25) is 5.89 Å². The highest BCUT2D eigenvalue weighted by Crippen LogP contribution is 2.19. The summed E-state index contributed by atoms with van der Waals surface area (Å²) in [6.45, 7) is 3.71. The molecule has 0 saturated carbocycles. The third-order valence-electron chi connectivity index (χ3n) is 3.20. The molecular formula is C16H15N3O3. The lowest BCUT2D eigenvalue weighted by atomic mass is 10.1. The van der Waals surface area contributed by atoms with Crippen LogP contribution in [0.2, 0.25) is 0 Å². The summed E-state index contributed by atoms with van der Waals surface area (Å²) in [5.74, 6) is 0.384. The predicted molar refractivity (Wildman–Crippen MR) is 79.3 cm³/mol. The molecule has 0 atom stereocenters. The third kappa shape index (κ3) is 2.81. The van der Waals surface area contributed by atoms with Crippen LogP contribution in [-0.4, -0.2) is 21.2 Å². The Morgan fingerprint density at radius 1 is 1.23 bits per heavy atom. The number of hydrogen-bond donors (Lipinski definition) is 0. The van der Waals surface area contributed by atoms with Crippen LogP contribution in [0.25, 0.3) is 10.9 Å². The molecule has 1 aromatic carbocycles. The number of fused-ring (bicyclic) bond motifs is 1. The van der Waals surface area contributed by atoms with Crippen molar-refractivity contribution < 1.29 is 13.9 Å². The Labute approximate surface area is 127 Å². The van der Waals surface area contributed by atoms with Crippen LogP contribution in [0, 0.1) is 6.92 Å². The van der Waals surface area contributed by atoms with Crippen LogP contribution in [-0.2, 0) is 17.8 Å². The quantitative estimate of drug-likeness (QED) is 0.689. The zero-order valence-corrected chi connectivity index (χ0v) is 12.4. The van der Waals surface area contributed by atoms with Crippen molar-refractivity contribution in [1.29, 1.82) is 0 Å². The fourth-order valence-corrected chi connectivity index (χ4v) is 2.17. The minimum absolute atomic E-state index is 0.0401. The molecule has 6 nitrogen and oxygen atoms in total. The van der Waals surface area contributed by atoms with Gasteiger partial charge in [-0.2, -0.15) is 0 Å².